The van der Waals surface area contributed by atoms with Gasteiger partial charge in [-0.2, -0.15) is 0 Å². The number of rotatable bonds is 2. The van der Waals surface area contributed by atoms with E-state index in [1.807, 2.05) is 12.1 Å². The van der Waals surface area contributed by atoms with E-state index < -0.39 is 0 Å². The highest BCUT2D eigenvalue weighted by Crippen LogP contribution is 2.10. The molecule has 0 aromatic carbocycles. The molecule has 2 heteroatoms. The van der Waals surface area contributed by atoms with Gasteiger partial charge in [0.25, 0.3) is 0 Å². The molecule has 1 atom stereocenters. The van der Waals surface area contributed by atoms with Crippen molar-refractivity contribution in [3.63, 3.8) is 0 Å². The highest BCUT2D eigenvalue weighted by Gasteiger charge is 1.99. The molecule has 0 aliphatic rings. The van der Waals surface area contributed by atoms with Gasteiger partial charge >= 0.3 is 0 Å². The summed E-state index contributed by atoms with van der Waals surface area (Å²) in [5, 5.41) is 0. The Morgan fingerprint density at radius 1 is 1.50 bits per heavy atom. The number of hydrogen-bond acceptors (Lipinski definition) is 2. The van der Waals surface area contributed by atoms with E-state index in [1.165, 1.54) is 5.56 Å². The van der Waals surface area contributed by atoms with Crippen molar-refractivity contribution in [3.05, 3.63) is 30.1 Å². The van der Waals surface area contributed by atoms with Crippen molar-refractivity contribution in [3.8, 4) is 0 Å². The quantitative estimate of drug-likeness (QED) is 0.662. The van der Waals surface area contributed by atoms with Crippen LogP contribution >= 0.6 is 0 Å². The SMILES string of the molecule is C[C@H](CN)c1ccncc1. The van der Waals surface area contributed by atoms with Crippen molar-refractivity contribution < 1.29 is 0 Å². The van der Waals surface area contributed by atoms with E-state index in [1.54, 1.807) is 12.4 Å². The number of nitrogens with two attached hydrogens (primary N) is 1. The van der Waals surface area contributed by atoms with Crippen molar-refractivity contribution in [2.24, 2.45) is 5.73 Å². The zero-order valence-electron chi connectivity index (χ0n) is 6.12. The van der Waals surface area contributed by atoms with Gasteiger partial charge in [0, 0.05) is 12.4 Å². The third kappa shape index (κ3) is 1.54. The average molecular weight is 136 g/mol. The molecule has 0 radical (unpaired) electrons. The Morgan fingerprint density at radius 3 is 2.60 bits per heavy atom. The summed E-state index contributed by atoms with van der Waals surface area (Å²) in [5.41, 5.74) is 6.75. The van der Waals surface area contributed by atoms with Crippen LogP contribution in [-0.4, -0.2) is 11.5 Å². The molecule has 1 rings (SSSR count). The van der Waals surface area contributed by atoms with Gasteiger partial charge in [-0.3, -0.25) is 4.98 Å². The van der Waals surface area contributed by atoms with Gasteiger partial charge in [-0.25, -0.2) is 0 Å². The lowest BCUT2D eigenvalue weighted by molar-refractivity contribution is 0.772. The van der Waals surface area contributed by atoms with Crippen molar-refractivity contribution in [1.29, 1.82) is 0 Å². The fourth-order valence-corrected chi connectivity index (χ4v) is 0.828. The molecule has 1 heterocycles. The summed E-state index contributed by atoms with van der Waals surface area (Å²) in [6.07, 6.45) is 3.59. The lowest BCUT2D eigenvalue weighted by Gasteiger charge is -2.06. The Hall–Kier alpha value is -0.890. The van der Waals surface area contributed by atoms with E-state index in [2.05, 4.69) is 11.9 Å². The topological polar surface area (TPSA) is 38.9 Å². The number of pyridine rings is 1. The molecule has 2 nitrogen and oxygen atoms in total. The van der Waals surface area contributed by atoms with Crippen LogP contribution < -0.4 is 5.73 Å². The second-order valence-corrected chi connectivity index (χ2v) is 2.42. The standard InChI is InChI=1S/C8H12N2/c1-7(6-9)8-2-4-10-5-3-8/h2-5,7H,6,9H2,1H3/t7-/m1/s1. The summed E-state index contributed by atoms with van der Waals surface area (Å²) < 4.78 is 0. The molecular weight excluding hydrogens is 124 g/mol. The molecule has 0 saturated carbocycles. The van der Waals surface area contributed by atoms with E-state index in [0.29, 0.717) is 12.5 Å². The zero-order chi connectivity index (χ0) is 7.40. The largest absolute Gasteiger partial charge is 0.330 e. The third-order valence-electron chi connectivity index (χ3n) is 1.63. The van der Waals surface area contributed by atoms with Crippen molar-refractivity contribution in [1.82, 2.24) is 4.98 Å². The summed E-state index contributed by atoms with van der Waals surface area (Å²) in [7, 11) is 0. The Bertz CT molecular complexity index is 184. The first-order chi connectivity index (χ1) is 4.84. The fraction of sp³-hybridized carbons (Fsp3) is 0.375. The number of aromatic nitrogens is 1. The van der Waals surface area contributed by atoms with E-state index in [0.717, 1.165) is 0 Å². The molecule has 0 spiro atoms. The minimum absolute atomic E-state index is 0.447. The van der Waals surface area contributed by atoms with Gasteiger partial charge in [0.15, 0.2) is 0 Å². The van der Waals surface area contributed by atoms with Crippen LogP contribution in [0.4, 0.5) is 0 Å². The molecule has 54 valence electrons. The molecule has 0 unspecified atom stereocenters. The average Bonchev–Trinajstić information content (AvgIpc) is 2.05. The molecule has 0 amide bonds. The lowest BCUT2D eigenvalue weighted by Crippen LogP contribution is -2.08. The van der Waals surface area contributed by atoms with E-state index >= 15 is 0 Å². The van der Waals surface area contributed by atoms with Crippen LogP contribution in [-0.2, 0) is 0 Å². The van der Waals surface area contributed by atoms with Crippen LogP contribution in [0.25, 0.3) is 0 Å². The van der Waals surface area contributed by atoms with E-state index in [-0.39, 0.29) is 0 Å². The molecule has 0 fully saturated rings. The molecule has 10 heavy (non-hydrogen) atoms. The summed E-state index contributed by atoms with van der Waals surface area (Å²) in [6.45, 7) is 2.80. The minimum Gasteiger partial charge on any atom is -0.330 e. The second-order valence-electron chi connectivity index (χ2n) is 2.42. The summed E-state index contributed by atoms with van der Waals surface area (Å²) in [6, 6.07) is 4.00. The maximum absolute atomic E-state index is 5.48. The lowest BCUT2D eigenvalue weighted by atomic mass is 10.0. The van der Waals surface area contributed by atoms with Gasteiger partial charge in [-0.1, -0.05) is 6.92 Å². The molecule has 0 aliphatic heterocycles. The smallest absolute Gasteiger partial charge is 0.0270 e. The highest BCUT2D eigenvalue weighted by atomic mass is 14.6. The summed E-state index contributed by atoms with van der Waals surface area (Å²) >= 11 is 0. The van der Waals surface area contributed by atoms with Crippen LogP contribution in [0.5, 0.6) is 0 Å². The molecular formula is C8H12N2. The fourth-order valence-electron chi connectivity index (χ4n) is 0.828. The van der Waals surface area contributed by atoms with Crippen molar-refractivity contribution in [2.75, 3.05) is 6.54 Å². The molecule has 0 saturated heterocycles. The van der Waals surface area contributed by atoms with Gasteiger partial charge in [0.1, 0.15) is 0 Å². The molecule has 2 N–H and O–H groups in total. The maximum Gasteiger partial charge on any atom is 0.0270 e. The van der Waals surface area contributed by atoms with Crippen LogP contribution in [0.2, 0.25) is 0 Å². The maximum atomic E-state index is 5.48. The van der Waals surface area contributed by atoms with Gasteiger partial charge in [-0.15, -0.1) is 0 Å². The first-order valence-corrected chi connectivity index (χ1v) is 3.44. The van der Waals surface area contributed by atoms with Crippen molar-refractivity contribution in [2.45, 2.75) is 12.8 Å². The first-order valence-electron chi connectivity index (χ1n) is 3.44. The predicted octanol–water partition coefficient (Wildman–Crippen LogP) is 1.14. The predicted molar refractivity (Wildman–Crippen MR) is 41.7 cm³/mol. The minimum atomic E-state index is 0.447. The van der Waals surface area contributed by atoms with Crippen LogP contribution in [0.1, 0.15) is 18.4 Å². The molecule has 0 bridgehead atoms. The van der Waals surface area contributed by atoms with Gasteiger partial charge in [0.05, 0.1) is 0 Å². The monoisotopic (exact) mass is 136 g/mol. The molecule has 1 aromatic rings. The Morgan fingerprint density at radius 2 is 2.10 bits per heavy atom. The second kappa shape index (κ2) is 3.32. The van der Waals surface area contributed by atoms with E-state index in [4.69, 9.17) is 5.73 Å². The normalized spacial score (nSPS) is 13.0. The van der Waals surface area contributed by atoms with E-state index in [9.17, 15) is 0 Å². The van der Waals surface area contributed by atoms with Gasteiger partial charge in [-0.05, 0) is 30.2 Å². The van der Waals surface area contributed by atoms with Gasteiger partial charge < -0.3 is 5.73 Å². The number of nitrogens with zero attached hydrogens (tertiary/aromatic N) is 1. The zero-order valence-corrected chi connectivity index (χ0v) is 6.12. The molecule has 0 aliphatic carbocycles. The van der Waals surface area contributed by atoms with Gasteiger partial charge in [0.2, 0.25) is 0 Å². The Balaban J connectivity index is 2.75. The van der Waals surface area contributed by atoms with Crippen molar-refractivity contribution >= 4 is 0 Å². The molecule has 1 aromatic heterocycles. The Kier molecular flexibility index (Phi) is 2.40. The van der Waals surface area contributed by atoms with Crippen LogP contribution in [0.15, 0.2) is 24.5 Å². The summed E-state index contributed by atoms with van der Waals surface area (Å²) in [4.78, 5) is 3.92. The highest BCUT2D eigenvalue weighted by molar-refractivity contribution is 5.14. The first kappa shape index (κ1) is 7.22. The van der Waals surface area contributed by atoms with Crippen LogP contribution in [0.3, 0.4) is 0 Å². The van der Waals surface area contributed by atoms with Crippen LogP contribution in [0, 0.1) is 0 Å². The third-order valence-corrected chi connectivity index (χ3v) is 1.63. The summed E-state index contributed by atoms with van der Waals surface area (Å²) in [5.74, 6) is 0.447. The Labute approximate surface area is 61.1 Å². The number of hydrogen-bond donors (Lipinski definition) is 1.